The fourth-order valence-corrected chi connectivity index (χ4v) is 4.62. The van der Waals surface area contributed by atoms with Crippen molar-refractivity contribution in [3.05, 3.63) is 84.4 Å². The van der Waals surface area contributed by atoms with Gasteiger partial charge < -0.3 is 19.5 Å². The predicted octanol–water partition coefficient (Wildman–Crippen LogP) is 2.98. The summed E-state index contributed by atoms with van der Waals surface area (Å²) in [6, 6.07) is 19.2. The molecule has 7 nitrogen and oxygen atoms in total. The summed E-state index contributed by atoms with van der Waals surface area (Å²) in [7, 11) is 0. The molecular weight excluding hydrogens is 404 g/mol. The van der Waals surface area contributed by atoms with Crippen LogP contribution in [0.4, 0.5) is 5.69 Å². The molecule has 1 saturated heterocycles. The molecule has 2 aromatic carbocycles. The molecule has 2 aliphatic heterocycles. The van der Waals surface area contributed by atoms with E-state index >= 15 is 0 Å². The molecule has 2 aliphatic rings. The number of rotatable bonds is 4. The maximum atomic E-state index is 13.0. The minimum absolute atomic E-state index is 0.114. The zero-order chi connectivity index (χ0) is 22.0. The molecule has 1 atom stereocenters. The van der Waals surface area contributed by atoms with E-state index in [0.29, 0.717) is 38.9 Å². The molecule has 0 aliphatic carbocycles. The fraction of sp³-hybridized carbons (Fsp3) is 0.320. The van der Waals surface area contributed by atoms with E-state index in [1.165, 1.54) is 0 Å². The molecule has 3 aromatic rings. The van der Waals surface area contributed by atoms with Gasteiger partial charge in [0.2, 0.25) is 5.91 Å². The Morgan fingerprint density at radius 2 is 1.72 bits per heavy atom. The number of hydrogen-bond donors (Lipinski definition) is 1. The van der Waals surface area contributed by atoms with Crippen molar-refractivity contribution in [2.75, 3.05) is 18.4 Å². The number of aromatic nitrogens is 2. The molecule has 1 spiro atoms. The smallest absolute Gasteiger partial charge is 0.255 e. The van der Waals surface area contributed by atoms with Crippen LogP contribution in [0.2, 0.25) is 0 Å². The first-order chi connectivity index (χ1) is 15.6. The molecule has 5 rings (SSSR count). The highest BCUT2D eigenvalue weighted by atomic mass is 16.5. The SMILES string of the molecule is O=C(Nc1ccccc1)[C@H]1Cn2ccnc2C2(CCN(C(=O)Cc3ccccc3)CC2)O1. The standard InChI is InChI=1S/C25H26N4O3/c30-22(17-19-7-3-1-4-8-19)28-14-11-25(12-15-28)24-26-13-16-29(24)18-21(32-25)23(31)27-20-9-5-2-6-10-20/h1-10,13,16,21H,11-12,14-15,17-18H2,(H,27,31)/t21-/m1/s1. The highest BCUT2D eigenvalue weighted by molar-refractivity contribution is 5.94. The molecule has 7 heteroatoms. The van der Waals surface area contributed by atoms with Gasteiger partial charge in [-0.15, -0.1) is 0 Å². The van der Waals surface area contributed by atoms with Crippen molar-refractivity contribution in [1.29, 1.82) is 0 Å². The van der Waals surface area contributed by atoms with Gasteiger partial charge in [-0.1, -0.05) is 48.5 Å². The zero-order valence-electron chi connectivity index (χ0n) is 17.8. The summed E-state index contributed by atoms with van der Waals surface area (Å²) < 4.78 is 8.46. The van der Waals surface area contributed by atoms with Crippen LogP contribution >= 0.6 is 0 Å². The topological polar surface area (TPSA) is 76.5 Å². The lowest BCUT2D eigenvalue weighted by atomic mass is 9.88. The van der Waals surface area contributed by atoms with Crippen molar-refractivity contribution in [2.24, 2.45) is 0 Å². The van der Waals surface area contributed by atoms with Crippen LogP contribution in [0.25, 0.3) is 0 Å². The van der Waals surface area contributed by atoms with Gasteiger partial charge in [0.1, 0.15) is 11.4 Å². The van der Waals surface area contributed by atoms with Gasteiger partial charge in [0.15, 0.2) is 6.10 Å². The molecule has 0 saturated carbocycles. The number of fused-ring (bicyclic) bond motifs is 2. The van der Waals surface area contributed by atoms with Crippen molar-refractivity contribution in [3.63, 3.8) is 0 Å². The van der Waals surface area contributed by atoms with E-state index < -0.39 is 11.7 Å². The Kier molecular flexibility index (Phi) is 5.49. The highest BCUT2D eigenvalue weighted by Crippen LogP contribution is 2.40. The third kappa shape index (κ3) is 4.03. The summed E-state index contributed by atoms with van der Waals surface area (Å²) in [5.74, 6) is 0.789. The Morgan fingerprint density at radius 1 is 1.03 bits per heavy atom. The van der Waals surface area contributed by atoms with Crippen molar-refractivity contribution in [2.45, 2.75) is 37.5 Å². The second kappa shape index (κ2) is 8.59. The minimum Gasteiger partial charge on any atom is -0.352 e. The summed E-state index contributed by atoms with van der Waals surface area (Å²) >= 11 is 0. The first-order valence-corrected chi connectivity index (χ1v) is 11.0. The van der Waals surface area contributed by atoms with Crippen LogP contribution < -0.4 is 5.32 Å². The quantitative estimate of drug-likeness (QED) is 0.691. The third-order valence-corrected chi connectivity index (χ3v) is 6.31. The molecular formula is C25H26N4O3. The first kappa shape index (κ1) is 20.5. The van der Waals surface area contributed by atoms with Gasteiger partial charge in [0.25, 0.3) is 5.91 Å². The summed E-state index contributed by atoms with van der Waals surface area (Å²) in [4.78, 5) is 32.2. The van der Waals surface area contributed by atoms with Crippen LogP contribution in [0.15, 0.2) is 73.1 Å². The van der Waals surface area contributed by atoms with Gasteiger partial charge in [0.05, 0.1) is 13.0 Å². The van der Waals surface area contributed by atoms with E-state index in [2.05, 4.69) is 10.3 Å². The number of carbonyl (C=O) groups is 2. The number of para-hydroxylation sites is 1. The fourth-order valence-electron chi connectivity index (χ4n) is 4.62. The van der Waals surface area contributed by atoms with Crippen LogP contribution in [0, 0.1) is 0 Å². The van der Waals surface area contributed by atoms with Gasteiger partial charge in [-0.05, 0) is 17.7 Å². The van der Waals surface area contributed by atoms with E-state index in [-0.39, 0.29) is 11.8 Å². The second-order valence-corrected chi connectivity index (χ2v) is 8.40. The maximum Gasteiger partial charge on any atom is 0.255 e. The lowest BCUT2D eigenvalue weighted by molar-refractivity contribution is -0.172. The zero-order valence-corrected chi connectivity index (χ0v) is 17.8. The van der Waals surface area contributed by atoms with Crippen LogP contribution in [0.5, 0.6) is 0 Å². The van der Waals surface area contributed by atoms with Crippen molar-refractivity contribution in [3.8, 4) is 0 Å². The molecule has 1 fully saturated rings. The second-order valence-electron chi connectivity index (χ2n) is 8.40. The lowest BCUT2D eigenvalue weighted by Gasteiger charge is -2.45. The Morgan fingerprint density at radius 3 is 2.44 bits per heavy atom. The molecule has 0 bridgehead atoms. The number of likely N-dealkylation sites (tertiary alicyclic amines) is 1. The van der Waals surface area contributed by atoms with E-state index in [1.54, 1.807) is 6.20 Å². The number of carbonyl (C=O) groups excluding carboxylic acids is 2. The highest BCUT2D eigenvalue weighted by Gasteiger charge is 2.47. The number of nitrogens with zero attached hydrogens (tertiary/aromatic N) is 3. The molecule has 32 heavy (non-hydrogen) atoms. The summed E-state index contributed by atoms with van der Waals surface area (Å²) in [5.41, 5.74) is 1.09. The monoisotopic (exact) mass is 430 g/mol. The molecule has 1 aromatic heterocycles. The van der Waals surface area contributed by atoms with Crippen LogP contribution in [-0.4, -0.2) is 45.5 Å². The van der Waals surface area contributed by atoms with Crippen molar-refractivity contribution >= 4 is 17.5 Å². The lowest BCUT2D eigenvalue weighted by Crippen LogP contribution is -2.54. The number of anilines is 1. The van der Waals surface area contributed by atoms with Gasteiger partial charge in [0, 0.05) is 44.0 Å². The number of piperidine rings is 1. The molecule has 2 amide bonds. The van der Waals surface area contributed by atoms with E-state index in [4.69, 9.17) is 4.74 Å². The third-order valence-electron chi connectivity index (χ3n) is 6.31. The number of amides is 2. The van der Waals surface area contributed by atoms with Gasteiger partial charge in [-0.3, -0.25) is 9.59 Å². The van der Waals surface area contributed by atoms with E-state index in [0.717, 1.165) is 17.1 Å². The number of nitrogens with one attached hydrogen (secondary N) is 1. The molecule has 0 radical (unpaired) electrons. The van der Waals surface area contributed by atoms with Gasteiger partial charge >= 0.3 is 0 Å². The summed E-state index contributed by atoms with van der Waals surface area (Å²) in [5, 5.41) is 2.95. The molecule has 1 N–H and O–H groups in total. The number of imidazole rings is 1. The van der Waals surface area contributed by atoms with Crippen molar-refractivity contribution < 1.29 is 14.3 Å². The Hall–Kier alpha value is -3.45. The number of benzene rings is 2. The predicted molar refractivity (Wildman–Crippen MR) is 120 cm³/mol. The average Bonchev–Trinajstić information content (AvgIpc) is 3.31. The van der Waals surface area contributed by atoms with E-state index in [1.807, 2.05) is 76.3 Å². The molecule has 164 valence electrons. The maximum absolute atomic E-state index is 13.0. The van der Waals surface area contributed by atoms with Crippen LogP contribution in [0.3, 0.4) is 0 Å². The Balaban J connectivity index is 1.28. The largest absolute Gasteiger partial charge is 0.352 e. The Bertz CT molecular complexity index is 1090. The molecule has 0 unspecified atom stereocenters. The molecule has 3 heterocycles. The minimum atomic E-state index is -0.663. The van der Waals surface area contributed by atoms with Gasteiger partial charge in [-0.2, -0.15) is 0 Å². The average molecular weight is 431 g/mol. The first-order valence-electron chi connectivity index (χ1n) is 11.0. The van der Waals surface area contributed by atoms with Gasteiger partial charge in [-0.25, -0.2) is 4.98 Å². The number of ether oxygens (including phenoxy) is 1. The van der Waals surface area contributed by atoms with Crippen LogP contribution in [0.1, 0.15) is 24.2 Å². The van der Waals surface area contributed by atoms with E-state index in [9.17, 15) is 9.59 Å². The van der Waals surface area contributed by atoms with Crippen LogP contribution in [-0.2, 0) is 32.9 Å². The Labute approximate surface area is 187 Å². The van der Waals surface area contributed by atoms with Crippen molar-refractivity contribution in [1.82, 2.24) is 14.5 Å². The summed E-state index contributed by atoms with van der Waals surface area (Å²) in [6.07, 6.45) is 4.65. The number of hydrogen-bond acceptors (Lipinski definition) is 4. The normalized spacial score (nSPS) is 19.4. The summed E-state index contributed by atoms with van der Waals surface area (Å²) in [6.45, 7) is 1.57.